The molecule has 1 amide bonds. The van der Waals surface area contributed by atoms with E-state index in [9.17, 15) is 19.5 Å². The molecule has 0 aliphatic heterocycles. The van der Waals surface area contributed by atoms with Gasteiger partial charge in [0, 0.05) is 24.2 Å². The van der Waals surface area contributed by atoms with Crippen LogP contribution in [0.3, 0.4) is 0 Å². The summed E-state index contributed by atoms with van der Waals surface area (Å²) in [5.41, 5.74) is -0.742. The molecule has 1 saturated carbocycles. The van der Waals surface area contributed by atoms with Gasteiger partial charge in [0.2, 0.25) is 5.88 Å². The molecule has 27 heavy (non-hydrogen) atoms. The van der Waals surface area contributed by atoms with E-state index in [1.54, 1.807) is 0 Å². The zero-order valence-corrected chi connectivity index (χ0v) is 15.4. The van der Waals surface area contributed by atoms with Gasteiger partial charge in [0.1, 0.15) is 5.65 Å². The van der Waals surface area contributed by atoms with Crippen molar-refractivity contribution >= 4 is 23.6 Å². The van der Waals surface area contributed by atoms with E-state index in [4.69, 9.17) is 5.11 Å². The Labute approximate surface area is 154 Å². The molecule has 9 nitrogen and oxygen atoms in total. The molecule has 1 aliphatic rings. The van der Waals surface area contributed by atoms with E-state index in [0.717, 1.165) is 23.4 Å². The Morgan fingerprint density at radius 3 is 2.59 bits per heavy atom. The first-order chi connectivity index (χ1) is 12.6. The molecule has 3 rings (SSSR count). The molecule has 1 aliphatic carbocycles. The lowest BCUT2D eigenvalue weighted by atomic mass is 9.96. The van der Waals surface area contributed by atoms with Crippen molar-refractivity contribution in [2.75, 3.05) is 0 Å². The van der Waals surface area contributed by atoms with Gasteiger partial charge in [-0.05, 0) is 24.3 Å². The van der Waals surface area contributed by atoms with Gasteiger partial charge in [-0.15, -0.1) is 0 Å². The Hall–Kier alpha value is -3.10. The summed E-state index contributed by atoms with van der Waals surface area (Å²) >= 11 is 0. The number of carbonyl (C=O) groups excluding carboxylic acids is 1. The fourth-order valence-corrected chi connectivity index (χ4v) is 2.80. The van der Waals surface area contributed by atoms with Gasteiger partial charge in [-0.2, -0.15) is 9.61 Å². The second-order valence-electron chi connectivity index (χ2n) is 7.91. The van der Waals surface area contributed by atoms with Crippen LogP contribution in [0.1, 0.15) is 49.5 Å². The maximum atomic E-state index is 13.1. The molecule has 0 radical (unpaired) electrons. The number of carboxylic acid groups (broad SMARTS) is 1. The van der Waals surface area contributed by atoms with E-state index >= 15 is 0 Å². The van der Waals surface area contributed by atoms with E-state index in [1.807, 2.05) is 20.8 Å². The van der Waals surface area contributed by atoms with Gasteiger partial charge in [-0.25, -0.2) is 4.79 Å². The Kier molecular flexibility index (Phi) is 4.54. The van der Waals surface area contributed by atoms with Gasteiger partial charge in [-0.1, -0.05) is 20.8 Å². The van der Waals surface area contributed by atoms with E-state index in [-0.39, 0.29) is 29.2 Å². The molecule has 0 saturated heterocycles. The minimum Gasteiger partial charge on any atom is -0.492 e. The molecule has 2 aromatic rings. The number of hydrogen-bond donors (Lipinski definition) is 3. The molecule has 0 atom stereocenters. The van der Waals surface area contributed by atoms with Crippen molar-refractivity contribution in [1.29, 1.82) is 0 Å². The fraction of sp³-hybridized carbons (Fsp3) is 0.444. The van der Waals surface area contributed by atoms with E-state index in [0.29, 0.717) is 5.56 Å². The Bertz CT molecular complexity index is 1010. The molecule has 0 aromatic carbocycles. The third kappa shape index (κ3) is 3.86. The summed E-state index contributed by atoms with van der Waals surface area (Å²) in [6.07, 6.45) is 5.25. The largest absolute Gasteiger partial charge is 0.492 e. The van der Waals surface area contributed by atoms with Crippen molar-refractivity contribution in [2.45, 2.75) is 46.2 Å². The first-order valence-electron chi connectivity index (χ1n) is 8.64. The third-order valence-electron chi connectivity index (χ3n) is 4.09. The molecule has 2 aromatic heterocycles. The van der Waals surface area contributed by atoms with Crippen LogP contribution in [0.2, 0.25) is 0 Å². The number of fused-ring (bicyclic) bond motifs is 1. The SMILES string of the molecule is CC(C)(C)Cn1c(=O)c(C(=O)NC2CC2)c(O)n2ncc(/C=C/C(=O)O)c12. The Balaban J connectivity index is 2.26. The number of aromatic nitrogens is 3. The summed E-state index contributed by atoms with van der Waals surface area (Å²) in [6, 6.07) is 0.0229. The van der Waals surface area contributed by atoms with Gasteiger partial charge in [0.15, 0.2) is 5.56 Å². The minimum absolute atomic E-state index is 0.0229. The van der Waals surface area contributed by atoms with Gasteiger partial charge in [0.05, 0.1) is 6.20 Å². The molecule has 3 N–H and O–H groups in total. The normalized spacial score (nSPS) is 14.8. The van der Waals surface area contributed by atoms with Gasteiger partial charge >= 0.3 is 5.97 Å². The molecule has 0 bridgehead atoms. The van der Waals surface area contributed by atoms with Crippen molar-refractivity contribution < 1.29 is 19.8 Å². The lowest BCUT2D eigenvalue weighted by Gasteiger charge is -2.22. The number of hydrogen-bond acceptors (Lipinski definition) is 5. The first-order valence-corrected chi connectivity index (χ1v) is 8.64. The van der Waals surface area contributed by atoms with Crippen LogP contribution >= 0.6 is 0 Å². The van der Waals surface area contributed by atoms with Crippen LogP contribution in [0.15, 0.2) is 17.1 Å². The summed E-state index contributed by atoms with van der Waals surface area (Å²) in [5.74, 6) is -2.35. The Morgan fingerprint density at radius 2 is 2.04 bits per heavy atom. The summed E-state index contributed by atoms with van der Waals surface area (Å²) in [5, 5.41) is 26.2. The predicted molar refractivity (Wildman–Crippen MR) is 97.7 cm³/mol. The van der Waals surface area contributed by atoms with Gasteiger partial charge in [-0.3, -0.25) is 14.2 Å². The maximum absolute atomic E-state index is 13.1. The Morgan fingerprint density at radius 1 is 1.37 bits per heavy atom. The fourth-order valence-electron chi connectivity index (χ4n) is 2.80. The number of aliphatic carboxylic acids is 1. The predicted octanol–water partition coefficient (Wildman–Crippen LogP) is 1.24. The molecule has 144 valence electrons. The average Bonchev–Trinajstić information content (AvgIpc) is 3.24. The number of nitrogens with one attached hydrogen (secondary N) is 1. The smallest absolute Gasteiger partial charge is 0.328 e. The lowest BCUT2D eigenvalue weighted by Crippen LogP contribution is -2.37. The summed E-state index contributed by atoms with van der Waals surface area (Å²) in [4.78, 5) is 36.4. The number of nitrogens with zero attached hydrogens (tertiary/aromatic N) is 3. The number of rotatable bonds is 5. The second-order valence-corrected chi connectivity index (χ2v) is 7.91. The molecular weight excluding hydrogens is 352 g/mol. The summed E-state index contributed by atoms with van der Waals surface area (Å²) < 4.78 is 2.45. The molecule has 9 heteroatoms. The zero-order valence-electron chi connectivity index (χ0n) is 15.4. The monoisotopic (exact) mass is 374 g/mol. The van der Waals surface area contributed by atoms with Crippen molar-refractivity contribution in [2.24, 2.45) is 5.41 Å². The summed E-state index contributed by atoms with van der Waals surface area (Å²) in [6.45, 7) is 6.03. The van der Waals surface area contributed by atoms with Crippen LogP contribution in [0, 0.1) is 5.41 Å². The topological polar surface area (TPSA) is 126 Å². The van der Waals surface area contributed by atoms with Crippen molar-refractivity contribution in [3.05, 3.63) is 33.8 Å². The van der Waals surface area contributed by atoms with Crippen molar-refractivity contribution in [3.63, 3.8) is 0 Å². The lowest BCUT2D eigenvalue weighted by molar-refractivity contribution is -0.131. The molecule has 1 fully saturated rings. The standard InChI is InChI=1S/C18H22N4O5/c1-18(2,3)9-21-15-10(4-7-12(23)24)8-19-22(15)17(27)13(16(21)26)14(25)20-11-5-6-11/h4,7-8,11,27H,5-6,9H2,1-3H3,(H,20,25)(H,23,24)/b7-4+. The highest BCUT2D eigenvalue weighted by Gasteiger charge is 2.30. The van der Waals surface area contributed by atoms with Crippen LogP contribution in [0.5, 0.6) is 5.88 Å². The number of carbonyl (C=O) groups is 2. The van der Waals surface area contributed by atoms with Gasteiger partial charge < -0.3 is 15.5 Å². The zero-order chi connectivity index (χ0) is 19.9. The van der Waals surface area contributed by atoms with E-state index in [2.05, 4.69) is 10.4 Å². The van der Waals surface area contributed by atoms with E-state index < -0.39 is 23.3 Å². The number of aromatic hydroxyl groups is 1. The van der Waals surface area contributed by atoms with Crippen LogP contribution in [0.25, 0.3) is 11.7 Å². The highest BCUT2D eigenvalue weighted by molar-refractivity contribution is 5.97. The number of carboxylic acids is 1. The molecule has 0 unspecified atom stereocenters. The van der Waals surface area contributed by atoms with Crippen molar-refractivity contribution in [1.82, 2.24) is 19.5 Å². The maximum Gasteiger partial charge on any atom is 0.328 e. The average molecular weight is 374 g/mol. The molecular formula is C18H22N4O5. The first kappa shape index (κ1) is 18.7. The van der Waals surface area contributed by atoms with Crippen LogP contribution in [0.4, 0.5) is 0 Å². The summed E-state index contributed by atoms with van der Waals surface area (Å²) in [7, 11) is 0. The number of amides is 1. The highest BCUT2D eigenvalue weighted by Crippen LogP contribution is 2.25. The van der Waals surface area contributed by atoms with Gasteiger partial charge in [0.25, 0.3) is 11.5 Å². The van der Waals surface area contributed by atoms with Crippen LogP contribution in [-0.2, 0) is 11.3 Å². The highest BCUT2D eigenvalue weighted by atomic mass is 16.4. The van der Waals surface area contributed by atoms with E-state index in [1.165, 1.54) is 16.8 Å². The second kappa shape index (κ2) is 6.57. The quantitative estimate of drug-likeness (QED) is 0.676. The van der Waals surface area contributed by atoms with Crippen LogP contribution < -0.4 is 10.9 Å². The molecule has 2 heterocycles. The molecule has 0 spiro atoms. The van der Waals surface area contributed by atoms with Crippen LogP contribution in [-0.4, -0.2) is 42.3 Å². The third-order valence-corrected chi connectivity index (χ3v) is 4.09. The van der Waals surface area contributed by atoms with Crippen molar-refractivity contribution in [3.8, 4) is 5.88 Å². The minimum atomic E-state index is -1.15.